The lowest BCUT2D eigenvalue weighted by Crippen LogP contribution is -2.32. The first-order chi connectivity index (χ1) is 15.7. The molecule has 9 heteroatoms. The number of anilines is 2. The number of benzene rings is 3. The molecule has 0 aliphatic carbocycles. The van der Waals surface area contributed by atoms with Gasteiger partial charge in [0.25, 0.3) is 11.8 Å². The lowest BCUT2D eigenvalue weighted by atomic mass is 10.0. The highest BCUT2D eigenvalue weighted by Gasteiger charge is 2.40. The van der Waals surface area contributed by atoms with Crippen molar-refractivity contribution in [2.75, 3.05) is 17.3 Å². The van der Waals surface area contributed by atoms with Crippen LogP contribution in [0.2, 0.25) is 0 Å². The molecule has 1 aliphatic heterocycles. The second-order valence-corrected chi connectivity index (χ2v) is 7.11. The molecule has 5 nitrogen and oxygen atoms in total. The molecular formula is C24H16F4N2O3. The number of methoxy groups -OCH3 is 1. The van der Waals surface area contributed by atoms with E-state index >= 15 is 0 Å². The summed E-state index contributed by atoms with van der Waals surface area (Å²) >= 11 is 0. The summed E-state index contributed by atoms with van der Waals surface area (Å²) in [6.45, 7) is 0. The summed E-state index contributed by atoms with van der Waals surface area (Å²) in [6, 6.07) is 15.4. The van der Waals surface area contributed by atoms with Gasteiger partial charge in [-0.25, -0.2) is 9.29 Å². The van der Waals surface area contributed by atoms with E-state index in [1.54, 1.807) is 24.3 Å². The number of nitrogens with one attached hydrogen (secondary N) is 1. The van der Waals surface area contributed by atoms with Crippen LogP contribution in [0.5, 0.6) is 5.75 Å². The molecule has 0 unspecified atom stereocenters. The fraction of sp³-hybridized carbons (Fsp3) is 0.0833. The van der Waals surface area contributed by atoms with Crippen LogP contribution < -0.4 is 15.0 Å². The summed E-state index contributed by atoms with van der Waals surface area (Å²) in [5.41, 5.74) is -0.914. The summed E-state index contributed by atoms with van der Waals surface area (Å²) in [5.74, 6) is -1.72. The standard InChI is InChI=1S/C24H16F4N2O3/c1-33-19-10-8-14(9-11-19)20-21(29-17-6-2-4-15(12-17)24(26,27)28)23(32)30(22(20)31)18-7-3-5-16(25)13-18/h2-13,29H,1H3. The highest BCUT2D eigenvalue weighted by atomic mass is 19.4. The molecule has 3 aromatic carbocycles. The van der Waals surface area contributed by atoms with Gasteiger partial charge in [-0.1, -0.05) is 24.3 Å². The maximum absolute atomic E-state index is 13.8. The number of imide groups is 1. The Kier molecular flexibility index (Phi) is 5.63. The summed E-state index contributed by atoms with van der Waals surface area (Å²) in [4.78, 5) is 27.3. The zero-order chi connectivity index (χ0) is 23.8. The maximum atomic E-state index is 13.8. The number of nitrogens with zero attached hydrogens (tertiary/aromatic N) is 1. The Morgan fingerprint density at radius 2 is 1.58 bits per heavy atom. The summed E-state index contributed by atoms with van der Waals surface area (Å²) in [5, 5.41) is 2.67. The van der Waals surface area contributed by atoms with Gasteiger partial charge in [-0.15, -0.1) is 0 Å². The van der Waals surface area contributed by atoms with E-state index in [9.17, 15) is 27.2 Å². The van der Waals surface area contributed by atoms with E-state index in [0.717, 1.165) is 29.2 Å². The fourth-order valence-corrected chi connectivity index (χ4v) is 3.44. The third-order valence-electron chi connectivity index (χ3n) is 4.99. The second kappa shape index (κ2) is 8.42. The predicted octanol–water partition coefficient (Wildman–Crippen LogP) is 5.25. The predicted molar refractivity (Wildman–Crippen MR) is 114 cm³/mol. The maximum Gasteiger partial charge on any atom is 0.416 e. The van der Waals surface area contributed by atoms with Crippen molar-refractivity contribution in [2.24, 2.45) is 0 Å². The van der Waals surface area contributed by atoms with Crippen molar-refractivity contribution in [1.82, 2.24) is 0 Å². The van der Waals surface area contributed by atoms with Gasteiger partial charge < -0.3 is 10.1 Å². The lowest BCUT2D eigenvalue weighted by Gasteiger charge is -2.15. The van der Waals surface area contributed by atoms with Gasteiger partial charge in [-0.2, -0.15) is 13.2 Å². The molecule has 1 N–H and O–H groups in total. The van der Waals surface area contributed by atoms with Crippen LogP contribution in [0.3, 0.4) is 0 Å². The van der Waals surface area contributed by atoms with Crippen molar-refractivity contribution in [3.63, 3.8) is 0 Å². The minimum atomic E-state index is -4.59. The molecule has 0 radical (unpaired) electrons. The van der Waals surface area contributed by atoms with E-state index in [0.29, 0.717) is 11.3 Å². The van der Waals surface area contributed by atoms with Crippen LogP contribution in [0.4, 0.5) is 28.9 Å². The lowest BCUT2D eigenvalue weighted by molar-refractivity contribution is -0.137. The highest BCUT2D eigenvalue weighted by molar-refractivity contribution is 6.46. The van der Waals surface area contributed by atoms with Crippen LogP contribution in [0.1, 0.15) is 11.1 Å². The Balaban J connectivity index is 1.81. The molecule has 1 aliphatic rings. The molecule has 0 saturated carbocycles. The zero-order valence-corrected chi connectivity index (χ0v) is 17.1. The molecule has 0 atom stereocenters. The number of carbonyl (C=O) groups is 2. The molecule has 168 valence electrons. The van der Waals surface area contributed by atoms with E-state index in [2.05, 4.69) is 5.32 Å². The molecular weight excluding hydrogens is 440 g/mol. The monoisotopic (exact) mass is 456 g/mol. The average molecular weight is 456 g/mol. The van der Waals surface area contributed by atoms with Crippen LogP contribution in [-0.4, -0.2) is 18.9 Å². The number of hydrogen-bond acceptors (Lipinski definition) is 4. The third kappa shape index (κ3) is 4.30. The Morgan fingerprint density at radius 1 is 0.879 bits per heavy atom. The van der Waals surface area contributed by atoms with E-state index in [-0.39, 0.29) is 22.6 Å². The third-order valence-corrected chi connectivity index (χ3v) is 4.99. The first kappa shape index (κ1) is 22.1. The van der Waals surface area contributed by atoms with Crippen molar-refractivity contribution in [2.45, 2.75) is 6.18 Å². The number of rotatable bonds is 5. The van der Waals surface area contributed by atoms with Gasteiger partial charge in [0, 0.05) is 5.69 Å². The topological polar surface area (TPSA) is 58.6 Å². The van der Waals surface area contributed by atoms with Gasteiger partial charge in [-0.3, -0.25) is 9.59 Å². The minimum absolute atomic E-state index is 0.00291. The van der Waals surface area contributed by atoms with Gasteiger partial charge in [0.1, 0.15) is 17.3 Å². The number of halogens is 4. The Bertz CT molecular complexity index is 1270. The molecule has 3 aromatic rings. The normalized spacial score (nSPS) is 14.2. The smallest absolute Gasteiger partial charge is 0.416 e. The Hall–Kier alpha value is -4.14. The molecule has 0 fully saturated rings. The summed E-state index contributed by atoms with van der Waals surface area (Å²) in [7, 11) is 1.46. The number of ether oxygens (including phenoxy) is 1. The largest absolute Gasteiger partial charge is 0.497 e. The van der Waals surface area contributed by atoms with Crippen LogP contribution in [0.25, 0.3) is 5.57 Å². The van der Waals surface area contributed by atoms with E-state index in [1.807, 2.05) is 0 Å². The zero-order valence-electron chi connectivity index (χ0n) is 17.1. The van der Waals surface area contributed by atoms with Gasteiger partial charge >= 0.3 is 6.18 Å². The summed E-state index contributed by atoms with van der Waals surface area (Å²) in [6.07, 6.45) is -4.59. The quantitative estimate of drug-likeness (QED) is 0.421. The van der Waals surface area contributed by atoms with Gasteiger partial charge in [0.2, 0.25) is 0 Å². The first-order valence-corrected chi connectivity index (χ1v) is 9.66. The van der Waals surface area contributed by atoms with Crippen LogP contribution >= 0.6 is 0 Å². The van der Waals surface area contributed by atoms with Gasteiger partial charge in [0.05, 0.1) is 23.9 Å². The van der Waals surface area contributed by atoms with Gasteiger partial charge in [0.15, 0.2) is 0 Å². The van der Waals surface area contributed by atoms with Crippen LogP contribution in [-0.2, 0) is 15.8 Å². The molecule has 2 amide bonds. The number of carbonyl (C=O) groups excluding carboxylic acids is 2. The van der Waals surface area contributed by atoms with Crippen molar-refractivity contribution < 1.29 is 31.9 Å². The van der Waals surface area contributed by atoms with Crippen molar-refractivity contribution >= 4 is 28.8 Å². The fourth-order valence-electron chi connectivity index (χ4n) is 3.44. The van der Waals surface area contributed by atoms with Crippen LogP contribution in [0, 0.1) is 5.82 Å². The van der Waals surface area contributed by atoms with Gasteiger partial charge in [-0.05, 0) is 54.1 Å². The van der Waals surface area contributed by atoms with E-state index < -0.39 is 29.4 Å². The number of alkyl halides is 3. The van der Waals surface area contributed by atoms with Crippen LogP contribution in [0.15, 0.2) is 78.5 Å². The Labute approximate surface area is 185 Å². The molecule has 0 aromatic heterocycles. The first-order valence-electron chi connectivity index (χ1n) is 9.66. The molecule has 33 heavy (non-hydrogen) atoms. The molecule has 0 spiro atoms. The summed E-state index contributed by atoms with van der Waals surface area (Å²) < 4.78 is 58.3. The Morgan fingerprint density at radius 3 is 2.21 bits per heavy atom. The van der Waals surface area contributed by atoms with Crippen molar-refractivity contribution in [3.8, 4) is 5.75 Å². The SMILES string of the molecule is COc1ccc(C2=C(Nc3cccc(C(F)(F)F)c3)C(=O)N(c3cccc(F)c3)C2=O)cc1. The number of amides is 2. The molecule has 0 bridgehead atoms. The van der Waals surface area contributed by atoms with Crippen molar-refractivity contribution in [3.05, 3.63) is 95.4 Å². The van der Waals surface area contributed by atoms with Crippen molar-refractivity contribution in [1.29, 1.82) is 0 Å². The minimum Gasteiger partial charge on any atom is -0.497 e. The van der Waals surface area contributed by atoms with E-state index in [4.69, 9.17) is 4.74 Å². The molecule has 1 heterocycles. The number of hydrogen-bond donors (Lipinski definition) is 1. The molecule has 0 saturated heterocycles. The van der Waals surface area contributed by atoms with E-state index in [1.165, 1.54) is 31.4 Å². The molecule has 4 rings (SSSR count). The highest BCUT2D eigenvalue weighted by Crippen LogP contribution is 2.36. The second-order valence-electron chi connectivity index (χ2n) is 7.11. The average Bonchev–Trinajstić information content (AvgIpc) is 3.02.